The third kappa shape index (κ3) is 3.59. The lowest BCUT2D eigenvalue weighted by atomic mass is 10.1. The lowest BCUT2D eigenvalue weighted by Gasteiger charge is -2.09. The smallest absolute Gasteiger partial charge is 0.303 e. The summed E-state index contributed by atoms with van der Waals surface area (Å²) in [5.41, 5.74) is 1.63. The molecule has 0 fully saturated rings. The van der Waals surface area contributed by atoms with Crippen molar-refractivity contribution in [2.45, 2.75) is 12.8 Å². The minimum atomic E-state index is -0.871. The first-order valence-electron chi connectivity index (χ1n) is 5.55. The number of para-hydroxylation sites is 1. The molecule has 2 aromatic rings. The summed E-state index contributed by atoms with van der Waals surface area (Å²) in [6.07, 6.45) is 0.381. The van der Waals surface area contributed by atoms with Crippen LogP contribution in [0.2, 0.25) is 0 Å². The number of rotatable bonds is 5. The van der Waals surface area contributed by atoms with Crippen LogP contribution in [0.3, 0.4) is 0 Å². The maximum Gasteiger partial charge on any atom is 0.303 e. The first-order valence-corrected chi connectivity index (χ1v) is 6.38. The summed E-state index contributed by atoms with van der Waals surface area (Å²) in [5, 5.41) is 16.6. The van der Waals surface area contributed by atoms with Crippen molar-refractivity contribution in [1.29, 1.82) is 0 Å². The normalized spacial score (nSPS) is 10.1. The van der Waals surface area contributed by atoms with E-state index in [2.05, 4.69) is 14.9 Å². The van der Waals surface area contributed by atoms with E-state index in [1.807, 2.05) is 0 Å². The van der Waals surface area contributed by atoms with Crippen LogP contribution in [0.1, 0.15) is 22.5 Å². The van der Waals surface area contributed by atoms with Crippen LogP contribution in [0, 0.1) is 0 Å². The van der Waals surface area contributed by atoms with Crippen molar-refractivity contribution in [2.75, 3.05) is 5.32 Å². The van der Waals surface area contributed by atoms with Crippen molar-refractivity contribution >= 4 is 29.1 Å². The third-order valence-electron chi connectivity index (χ3n) is 2.47. The third-order valence-corrected chi connectivity index (χ3v) is 2.97. The number of hydrogen-bond donors (Lipinski definition) is 2. The fraction of sp³-hybridized carbons (Fsp3) is 0.167. The second kappa shape index (κ2) is 6.05. The summed E-state index contributed by atoms with van der Waals surface area (Å²) in [7, 11) is 0. The molecule has 0 aliphatic rings. The van der Waals surface area contributed by atoms with Crippen LogP contribution in [0.15, 0.2) is 29.6 Å². The Balaban J connectivity index is 2.11. The van der Waals surface area contributed by atoms with Gasteiger partial charge in [-0.2, -0.15) is 0 Å². The van der Waals surface area contributed by atoms with E-state index >= 15 is 0 Å². The van der Waals surface area contributed by atoms with E-state index in [0.717, 1.165) is 17.1 Å². The molecular weight excluding hydrogens is 266 g/mol. The van der Waals surface area contributed by atoms with Gasteiger partial charge in [0, 0.05) is 17.5 Å². The molecule has 1 aromatic heterocycles. The van der Waals surface area contributed by atoms with Gasteiger partial charge in [-0.15, -0.1) is 5.10 Å². The highest BCUT2D eigenvalue weighted by Crippen LogP contribution is 2.17. The average molecular weight is 277 g/mol. The van der Waals surface area contributed by atoms with E-state index in [1.54, 1.807) is 29.6 Å². The van der Waals surface area contributed by atoms with Crippen LogP contribution in [0.25, 0.3) is 0 Å². The summed E-state index contributed by atoms with van der Waals surface area (Å²) < 4.78 is 3.62. The largest absolute Gasteiger partial charge is 0.481 e. The van der Waals surface area contributed by atoms with Gasteiger partial charge in [0.25, 0.3) is 5.91 Å². The van der Waals surface area contributed by atoms with E-state index in [-0.39, 0.29) is 18.0 Å². The van der Waals surface area contributed by atoms with Crippen LogP contribution < -0.4 is 5.32 Å². The molecule has 0 unspecified atom stereocenters. The van der Waals surface area contributed by atoms with Crippen molar-refractivity contribution < 1.29 is 14.7 Å². The molecule has 0 atom stereocenters. The number of carboxylic acid groups (broad SMARTS) is 1. The summed E-state index contributed by atoms with van der Waals surface area (Å²) in [5.74, 6) is -1.22. The van der Waals surface area contributed by atoms with Crippen LogP contribution in [0.4, 0.5) is 5.69 Å². The fourth-order valence-corrected chi connectivity index (χ4v) is 1.99. The predicted octanol–water partition coefficient (Wildman–Crippen LogP) is 1.81. The highest BCUT2D eigenvalue weighted by Gasteiger charge is 2.11. The minimum absolute atomic E-state index is 0.0190. The number of carbonyl (C=O) groups excluding carboxylic acids is 1. The molecule has 6 nitrogen and oxygen atoms in total. The summed E-state index contributed by atoms with van der Waals surface area (Å²) >= 11 is 1.10. The number of carbonyl (C=O) groups is 2. The van der Waals surface area contributed by atoms with Crippen molar-refractivity contribution in [2.24, 2.45) is 0 Å². The van der Waals surface area contributed by atoms with E-state index < -0.39 is 5.97 Å². The van der Waals surface area contributed by atoms with E-state index in [4.69, 9.17) is 5.11 Å². The van der Waals surface area contributed by atoms with Gasteiger partial charge in [0.2, 0.25) is 0 Å². The lowest BCUT2D eigenvalue weighted by Crippen LogP contribution is -2.14. The maximum atomic E-state index is 11.8. The molecule has 19 heavy (non-hydrogen) atoms. The molecule has 0 spiro atoms. The van der Waals surface area contributed by atoms with Gasteiger partial charge in [-0.3, -0.25) is 9.59 Å². The Labute approximate surface area is 113 Å². The first kappa shape index (κ1) is 13.2. The number of nitrogens with zero attached hydrogens (tertiary/aromatic N) is 2. The van der Waals surface area contributed by atoms with Gasteiger partial charge in [0.1, 0.15) is 0 Å². The molecule has 0 radical (unpaired) electrons. The van der Waals surface area contributed by atoms with Crippen LogP contribution in [0.5, 0.6) is 0 Å². The highest BCUT2D eigenvalue weighted by atomic mass is 32.1. The molecule has 98 valence electrons. The number of anilines is 1. The highest BCUT2D eigenvalue weighted by molar-refractivity contribution is 7.03. The van der Waals surface area contributed by atoms with Crippen molar-refractivity contribution in [3.8, 4) is 0 Å². The number of aryl methyl sites for hydroxylation is 1. The lowest BCUT2D eigenvalue weighted by molar-refractivity contribution is -0.136. The maximum absolute atomic E-state index is 11.8. The van der Waals surface area contributed by atoms with Gasteiger partial charge < -0.3 is 10.4 Å². The Kier molecular flexibility index (Phi) is 4.19. The Morgan fingerprint density at radius 3 is 2.79 bits per heavy atom. The number of nitrogens with one attached hydrogen (secondary N) is 1. The molecular formula is C12H11N3O3S. The Morgan fingerprint density at radius 1 is 1.32 bits per heavy atom. The van der Waals surface area contributed by atoms with Gasteiger partial charge in [-0.05, 0) is 29.6 Å². The average Bonchev–Trinajstić information content (AvgIpc) is 2.91. The quantitative estimate of drug-likeness (QED) is 0.869. The van der Waals surface area contributed by atoms with Crippen LogP contribution in [-0.2, 0) is 11.2 Å². The summed E-state index contributed by atoms with van der Waals surface area (Å²) in [6, 6.07) is 7.10. The van der Waals surface area contributed by atoms with Crippen LogP contribution >= 0.6 is 11.5 Å². The Bertz CT molecular complexity index is 584. The molecule has 0 saturated heterocycles. The van der Waals surface area contributed by atoms with Gasteiger partial charge in [0.15, 0.2) is 5.69 Å². The van der Waals surface area contributed by atoms with E-state index in [9.17, 15) is 9.59 Å². The number of benzene rings is 1. The van der Waals surface area contributed by atoms with Crippen molar-refractivity contribution in [3.05, 3.63) is 40.9 Å². The molecule has 7 heteroatoms. The van der Waals surface area contributed by atoms with Gasteiger partial charge in [-0.25, -0.2) is 0 Å². The number of aromatic nitrogens is 2. The van der Waals surface area contributed by atoms with Gasteiger partial charge >= 0.3 is 5.97 Å². The fourth-order valence-electron chi connectivity index (χ4n) is 1.55. The second-order valence-electron chi connectivity index (χ2n) is 3.80. The molecule has 0 bridgehead atoms. The molecule has 1 amide bonds. The van der Waals surface area contributed by atoms with Crippen molar-refractivity contribution in [3.63, 3.8) is 0 Å². The van der Waals surface area contributed by atoms with E-state index in [0.29, 0.717) is 12.1 Å². The molecule has 1 aromatic carbocycles. The number of aliphatic carboxylic acids is 1. The monoisotopic (exact) mass is 277 g/mol. The molecule has 0 aliphatic carbocycles. The Hall–Kier alpha value is -2.28. The molecule has 1 heterocycles. The zero-order valence-corrected chi connectivity index (χ0v) is 10.7. The zero-order chi connectivity index (χ0) is 13.7. The van der Waals surface area contributed by atoms with Crippen LogP contribution in [-0.4, -0.2) is 26.6 Å². The predicted molar refractivity (Wildman–Crippen MR) is 70.3 cm³/mol. The number of carboxylic acids is 1. The summed E-state index contributed by atoms with van der Waals surface area (Å²) in [4.78, 5) is 22.4. The molecule has 2 N–H and O–H groups in total. The van der Waals surface area contributed by atoms with Gasteiger partial charge in [-0.1, -0.05) is 22.7 Å². The first-order chi connectivity index (χ1) is 9.16. The molecule has 0 saturated carbocycles. The second-order valence-corrected chi connectivity index (χ2v) is 4.40. The Morgan fingerprint density at radius 2 is 2.11 bits per heavy atom. The van der Waals surface area contributed by atoms with Gasteiger partial charge in [0.05, 0.1) is 0 Å². The van der Waals surface area contributed by atoms with E-state index in [1.165, 1.54) is 0 Å². The molecule has 2 rings (SSSR count). The topological polar surface area (TPSA) is 92.2 Å². The zero-order valence-electron chi connectivity index (χ0n) is 9.87. The summed E-state index contributed by atoms with van der Waals surface area (Å²) in [6.45, 7) is 0. The SMILES string of the molecule is O=C(O)CCc1ccccc1NC(=O)c1csnn1. The molecule has 0 aliphatic heterocycles. The standard InChI is InChI=1S/C12H11N3O3S/c16-11(17)6-5-8-3-1-2-4-9(8)13-12(18)10-7-19-15-14-10/h1-4,7H,5-6H2,(H,13,18)(H,16,17). The van der Waals surface area contributed by atoms with Crippen molar-refractivity contribution in [1.82, 2.24) is 9.59 Å². The minimum Gasteiger partial charge on any atom is -0.481 e. The number of hydrogen-bond acceptors (Lipinski definition) is 5. The number of amides is 1.